The minimum absolute atomic E-state index is 0.328. The van der Waals surface area contributed by atoms with Crippen LogP contribution in [0.3, 0.4) is 0 Å². The number of para-hydroxylation sites is 2. The van der Waals surface area contributed by atoms with E-state index in [2.05, 4.69) is 0 Å². The van der Waals surface area contributed by atoms with Crippen molar-refractivity contribution in [2.45, 2.75) is 0 Å². The maximum atomic E-state index is 13.4. The van der Waals surface area contributed by atoms with Crippen molar-refractivity contribution in [3.63, 3.8) is 0 Å². The molecule has 0 unspecified atom stereocenters. The Balaban J connectivity index is 2.02. The Labute approximate surface area is 140 Å². The molecule has 0 saturated heterocycles. The predicted octanol–water partition coefficient (Wildman–Crippen LogP) is 5.32. The molecule has 3 rings (SSSR count). The van der Waals surface area contributed by atoms with Gasteiger partial charge in [-0.3, -0.25) is 0 Å². The third-order valence-electron chi connectivity index (χ3n) is 3.09. The fourth-order valence-corrected chi connectivity index (χ4v) is 4.11. The first-order valence-corrected chi connectivity index (χ1v) is 8.94. The van der Waals surface area contributed by atoms with E-state index < -0.39 is 7.60 Å². The summed E-state index contributed by atoms with van der Waals surface area (Å²) >= 11 is 6.21. The summed E-state index contributed by atoms with van der Waals surface area (Å²) < 4.78 is 24.9. The van der Waals surface area contributed by atoms with Gasteiger partial charge in [-0.05, 0) is 36.4 Å². The van der Waals surface area contributed by atoms with Gasteiger partial charge in [0.05, 0.1) is 5.02 Å². The van der Waals surface area contributed by atoms with Crippen molar-refractivity contribution in [3.05, 3.63) is 90.0 Å². The fraction of sp³-hybridized carbons (Fsp3) is 0. The molecule has 3 nitrogen and oxygen atoms in total. The molecule has 0 fully saturated rings. The molecule has 3 aromatic carbocycles. The van der Waals surface area contributed by atoms with Gasteiger partial charge in [0.25, 0.3) is 0 Å². The average Bonchev–Trinajstić information content (AvgIpc) is 2.57. The monoisotopic (exact) mass is 344 g/mol. The second kappa shape index (κ2) is 6.91. The molecule has 0 radical (unpaired) electrons. The second-order valence-electron chi connectivity index (χ2n) is 4.76. The zero-order valence-corrected chi connectivity index (χ0v) is 13.8. The van der Waals surface area contributed by atoms with E-state index in [0.717, 1.165) is 0 Å². The van der Waals surface area contributed by atoms with Crippen LogP contribution >= 0.6 is 19.2 Å². The van der Waals surface area contributed by atoms with Crippen molar-refractivity contribution in [2.75, 3.05) is 0 Å². The SMILES string of the molecule is O=P(Oc1ccccc1)(Oc1ccccc1)c1ccccc1Cl. The normalized spacial score (nSPS) is 11.0. The van der Waals surface area contributed by atoms with Gasteiger partial charge in [-0.15, -0.1) is 0 Å². The van der Waals surface area contributed by atoms with Crippen LogP contribution in [0.2, 0.25) is 5.02 Å². The Kier molecular flexibility index (Phi) is 4.71. The van der Waals surface area contributed by atoms with Gasteiger partial charge >= 0.3 is 7.60 Å². The summed E-state index contributed by atoms with van der Waals surface area (Å²) in [5.74, 6) is 0.901. The number of benzene rings is 3. The van der Waals surface area contributed by atoms with E-state index in [1.807, 2.05) is 12.1 Å². The van der Waals surface area contributed by atoms with Gasteiger partial charge in [0, 0.05) is 0 Å². The largest absolute Gasteiger partial charge is 0.464 e. The molecule has 0 amide bonds. The van der Waals surface area contributed by atoms with Crippen LogP contribution in [0.25, 0.3) is 0 Å². The van der Waals surface area contributed by atoms with Gasteiger partial charge in [0.1, 0.15) is 16.8 Å². The van der Waals surface area contributed by atoms with Crippen LogP contribution in [0.15, 0.2) is 84.9 Å². The average molecular weight is 345 g/mol. The summed E-state index contributed by atoms with van der Waals surface area (Å²) in [5, 5.41) is 0.664. The van der Waals surface area contributed by atoms with Gasteiger partial charge in [-0.1, -0.05) is 60.1 Å². The van der Waals surface area contributed by atoms with Crippen molar-refractivity contribution in [1.29, 1.82) is 0 Å². The minimum atomic E-state index is -3.69. The first-order valence-electron chi connectivity index (χ1n) is 7.02. The van der Waals surface area contributed by atoms with E-state index in [9.17, 15) is 4.57 Å². The molecule has 0 aliphatic rings. The van der Waals surface area contributed by atoms with Crippen LogP contribution < -0.4 is 14.4 Å². The minimum Gasteiger partial charge on any atom is -0.413 e. The Hall–Kier alpha value is -2.22. The third kappa shape index (κ3) is 3.76. The lowest BCUT2D eigenvalue weighted by Gasteiger charge is -2.21. The molecule has 0 spiro atoms. The number of hydrogen-bond acceptors (Lipinski definition) is 3. The lowest BCUT2D eigenvalue weighted by Crippen LogP contribution is -2.15. The molecule has 3 aromatic rings. The summed E-state index contributed by atoms with van der Waals surface area (Å²) in [7, 11) is -3.69. The highest BCUT2D eigenvalue weighted by Gasteiger charge is 2.33. The molecule has 0 saturated carbocycles. The molecular formula is C18H14ClO3P. The molecular weight excluding hydrogens is 331 g/mol. The lowest BCUT2D eigenvalue weighted by atomic mass is 10.3. The van der Waals surface area contributed by atoms with Gasteiger partial charge in [0.15, 0.2) is 0 Å². The third-order valence-corrected chi connectivity index (χ3v) is 5.43. The van der Waals surface area contributed by atoms with Crippen LogP contribution in [0.1, 0.15) is 0 Å². The molecule has 0 bridgehead atoms. The fourth-order valence-electron chi connectivity index (χ4n) is 2.03. The Morgan fingerprint density at radius 1 is 0.652 bits per heavy atom. The van der Waals surface area contributed by atoms with Crippen molar-refractivity contribution >= 4 is 24.5 Å². The predicted molar refractivity (Wildman–Crippen MR) is 92.8 cm³/mol. The summed E-state index contributed by atoms with van der Waals surface area (Å²) in [5.41, 5.74) is 0. The van der Waals surface area contributed by atoms with Crippen LogP contribution in [0, 0.1) is 0 Å². The van der Waals surface area contributed by atoms with E-state index in [4.69, 9.17) is 20.6 Å². The van der Waals surface area contributed by atoms with Crippen molar-refractivity contribution < 1.29 is 13.6 Å². The maximum absolute atomic E-state index is 13.4. The smallest absolute Gasteiger partial charge is 0.413 e. The number of rotatable bonds is 5. The summed E-state index contributed by atoms with van der Waals surface area (Å²) in [6.07, 6.45) is 0. The van der Waals surface area contributed by atoms with Gasteiger partial charge in [-0.25, -0.2) is 4.57 Å². The molecule has 0 N–H and O–H groups in total. The van der Waals surface area contributed by atoms with Crippen LogP contribution in [-0.4, -0.2) is 0 Å². The molecule has 0 atom stereocenters. The van der Waals surface area contributed by atoms with Crippen LogP contribution in [0.4, 0.5) is 0 Å². The first-order chi connectivity index (χ1) is 11.2. The second-order valence-corrected chi connectivity index (χ2v) is 7.01. The first kappa shape index (κ1) is 15.7. The number of hydrogen-bond donors (Lipinski definition) is 0. The number of halogens is 1. The maximum Gasteiger partial charge on any atom is 0.464 e. The Morgan fingerprint density at radius 2 is 1.09 bits per heavy atom. The summed E-state index contributed by atoms with van der Waals surface area (Å²) in [6.45, 7) is 0. The summed E-state index contributed by atoms with van der Waals surface area (Å²) in [6, 6.07) is 24.6. The molecule has 116 valence electrons. The van der Waals surface area contributed by atoms with E-state index >= 15 is 0 Å². The van der Waals surface area contributed by atoms with E-state index in [1.54, 1.807) is 72.8 Å². The quantitative estimate of drug-likeness (QED) is 0.588. The van der Waals surface area contributed by atoms with E-state index in [0.29, 0.717) is 21.8 Å². The molecule has 23 heavy (non-hydrogen) atoms. The Bertz CT molecular complexity index is 776. The van der Waals surface area contributed by atoms with Crippen molar-refractivity contribution in [2.24, 2.45) is 0 Å². The van der Waals surface area contributed by atoms with Gasteiger partial charge < -0.3 is 9.05 Å². The lowest BCUT2D eigenvalue weighted by molar-refractivity contribution is 0.399. The van der Waals surface area contributed by atoms with Gasteiger partial charge in [0.2, 0.25) is 0 Å². The zero-order chi connectivity index (χ0) is 16.1. The van der Waals surface area contributed by atoms with Crippen LogP contribution in [-0.2, 0) is 4.57 Å². The van der Waals surface area contributed by atoms with E-state index in [1.165, 1.54) is 0 Å². The molecule has 0 aromatic heterocycles. The Morgan fingerprint density at radius 3 is 1.57 bits per heavy atom. The molecule has 0 heterocycles. The van der Waals surface area contributed by atoms with E-state index in [-0.39, 0.29) is 0 Å². The molecule has 0 aliphatic heterocycles. The van der Waals surface area contributed by atoms with Crippen molar-refractivity contribution in [1.82, 2.24) is 0 Å². The van der Waals surface area contributed by atoms with Crippen molar-refractivity contribution in [3.8, 4) is 11.5 Å². The highest BCUT2D eigenvalue weighted by atomic mass is 35.5. The summed E-state index contributed by atoms with van der Waals surface area (Å²) in [4.78, 5) is 0. The highest BCUT2D eigenvalue weighted by Crippen LogP contribution is 2.48. The molecule has 5 heteroatoms. The van der Waals surface area contributed by atoms with Crippen LogP contribution in [0.5, 0.6) is 11.5 Å². The zero-order valence-electron chi connectivity index (χ0n) is 12.1. The topological polar surface area (TPSA) is 35.5 Å². The standard InChI is InChI=1S/C18H14ClO3P/c19-17-13-7-8-14-18(17)23(20,21-15-9-3-1-4-10-15)22-16-11-5-2-6-12-16/h1-14H. The molecule has 0 aliphatic carbocycles. The highest BCUT2D eigenvalue weighted by molar-refractivity contribution is 7.63. The van der Waals surface area contributed by atoms with Gasteiger partial charge in [-0.2, -0.15) is 0 Å².